The predicted molar refractivity (Wildman–Crippen MR) is 100 cm³/mol. The van der Waals surface area contributed by atoms with Gasteiger partial charge in [0.25, 0.3) is 0 Å². The van der Waals surface area contributed by atoms with Crippen molar-refractivity contribution in [3.8, 4) is 0 Å². The predicted octanol–water partition coefficient (Wildman–Crippen LogP) is 3.91. The Bertz CT molecular complexity index is 846. The molecule has 0 saturated heterocycles. The van der Waals surface area contributed by atoms with Crippen molar-refractivity contribution in [3.05, 3.63) is 65.5 Å². The lowest BCUT2D eigenvalue weighted by atomic mass is 10.1. The van der Waals surface area contributed by atoms with Crippen LogP contribution in [0.5, 0.6) is 0 Å². The molecule has 0 aliphatic heterocycles. The first-order valence-corrected chi connectivity index (χ1v) is 10.2. The minimum Gasteiger partial charge on any atom is -0.336 e. The zero-order valence-electron chi connectivity index (χ0n) is 15.3. The van der Waals surface area contributed by atoms with Gasteiger partial charge in [-0.2, -0.15) is 0 Å². The summed E-state index contributed by atoms with van der Waals surface area (Å²) in [5.74, 6) is -0.804. The average molecular weight is 377 g/mol. The fourth-order valence-corrected chi connectivity index (χ4v) is 4.05. The largest absolute Gasteiger partial charge is 0.336 e. The van der Waals surface area contributed by atoms with Gasteiger partial charge >= 0.3 is 0 Å². The van der Waals surface area contributed by atoms with Crippen molar-refractivity contribution >= 4 is 15.7 Å². The number of nitrogens with zero attached hydrogens (tertiary/aromatic N) is 1. The van der Waals surface area contributed by atoms with E-state index in [4.69, 9.17) is 0 Å². The van der Waals surface area contributed by atoms with E-state index in [1.165, 1.54) is 12.1 Å². The van der Waals surface area contributed by atoms with Crippen molar-refractivity contribution in [1.82, 2.24) is 4.90 Å². The van der Waals surface area contributed by atoms with Crippen LogP contribution in [0.1, 0.15) is 37.4 Å². The second-order valence-corrected chi connectivity index (χ2v) is 8.40. The summed E-state index contributed by atoms with van der Waals surface area (Å²) in [4.78, 5) is 14.4. The third kappa shape index (κ3) is 4.91. The normalized spacial score (nSPS) is 12.6. The van der Waals surface area contributed by atoms with Crippen molar-refractivity contribution in [1.29, 1.82) is 0 Å². The topological polar surface area (TPSA) is 54.5 Å². The Balaban J connectivity index is 2.06. The Morgan fingerprint density at radius 1 is 1.08 bits per heavy atom. The van der Waals surface area contributed by atoms with E-state index < -0.39 is 9.84 Å². The first kappa shape index (κ1) is 20.1. The Hall–Kier alpha value is -2.21. The number of hydrogen-bond acceptors (Lipinski definition) is 3. The minimum absolute atomic E-state index is 0.0877. The van der Waals surface area contributed by atoms with E-state index >= 15 is 0 Å². The van der Waals surface area contributed by atoms with Gasteiger partial charge in [-0.05, 0) is 50.6 Å². The number of sulfone groups is 1. The van der Waals surface area contributed by atoms with Gasteiger partial charge in [-0.25, -0.2) is 12.8 Å². The maximum atomic E-state index is 13.1. The summed E-state index contributed by atoms with van der Waals surface area (Å²) in [5.41, 5.74) is 1.79. The number of benzene rings is 2. The molecule has 0 saturated carbocycles. The number of carbonyl (C=O) groups excluding carboxylic acids is 1. The molecule has 0 bridgehead atoms. The van der Waals surface area contributed by atoms with E-state index in [1.54, 1.807) is 41.3 Å². The standard InChI is InChI=1S/C20H24FNO3S/c1-4-22(16(3)17-7-9-18(21)10-8-17)20(23)13-14-26(24,25)19-11-5-15(2)6-12-19/h5-12,16H,4,13-14H2,1-3H3. The fourth-order valence-electron chi connectivity index (χ4n) is 2.82. The van der Waals surface area contributed by atoms with E-state index in [0.29, 0.717) is 6.54 Å². The summed E-state index contributed by atoms with van der Waals surface area (Å²) >= 11 is 0. The number of aryl methyl sites for hydroxylation is 1. The van der Waals surface area contributed by atoms with Gasteiger partial charge in [-0.1, -0.05) is 29.8 Å². The van der Waals surface area contributed by atoms with E-state index in [9.17, 15) is 17.6 Å². The number of halogens is 1. The molecule has 4 nitrogen and oxygen atoms in total. The van der Waals surface area contributed by atoms with Crippen LogP contribution in [-0.2, 0) is 14.6 Å². The van der Waals surface area contributed by atoms with Gasteiger partial charge in [-0.3, -0.25) is 4.79 Å². The van der Waals surface area contributed by atoms with Gasteiger partial charge in [0.1, 0.15) is 5.82 Å². The number of rotatable bonds is 7. The van der Waals surface area contributed by atoms with E-state index in [1.807, 2.05) is 20.8 Å². The zero-order chi connectivity index (χ0) is 19.3. The molecule has 0 N–H and O–H groups in total. The van der Waals surface area contributed by atoms with Crippen molar-refractivity contribution in [3.63, 3.8) is 0 Å². The van der Waals surface area contributed by atoms with Crippen LogP contribution in [0.25, 0.3) is 0 Å². The fraction of sp³-hybridized carbons (Fsp3) is 0.350. The van der Waals surface area contributed by atoms with Crippen LogP contribution in [0.15, 0.2) is 53.4 Å². The monoisotopic (exact) mass is 377 g/mol. The molecule has 26 heavy (non-hydrogen) atoms. The molecule has 0 aliphatic rings. The van der Waals surface area contributed by atoms with Gasteiger partial charge in [0.2, 0.25) is 5.91 Å². The van der Waals surface area contributed by atoms with Crippen molar-refractivity contribution in [2.24, 2.45) is 0 Å². The number of hydrogen-bond donors (Lipinski definition) is 0. The third-order valence-corrected chi connectivity index (χ3v) is 6.18. The zero-order valence-corrected chi connectivity index (χ0v) is 16.1. The summed E-state index contributed by atoms with van der Waals surface area (Å²) in [7, 11) is -3.51. The highest BCUT2D eigenvalue weighted by Crippen LogP contribution is 2.22. The molecule has 0 radical (unpaired) electrons. The number of carbonyl (C=O) groups is 1. The lowest BCUT2D eigenvalue weighted by Crippen LogP contribution is -2.34. The average Bonchev–Trinajstić information content (AvgIpc) is 2.61. The highest BCUT2D eigenvalue weighted by atomic mass is 32.2. The molecule has 140 valence electrons. The lowest BCUT2D eigenvalue weighted by molar-refractivity contribution is -0.132. The maximum Gasteiger partial charge on any atom is 0.224 e. The summed E-state index contributed by atoms with van der Waals surface area (Å²) in [6.07, 6.45) is -0.0877. The van der Waals surface area contributed by atoms with Crippen LogP contribution in [0.2, 0.25) is 0 Å². The van der Waals surface area contributed by atoms with Crippen molar-refractivity contribution in [2.75, 3.05) is 12.3 Å². The Kier molecular flexibility index (Phi) is 6.53. The SMILES string of the molecule is CCN(C(=O)CCS(=O)(=O)c1ccc(C)cc1)C(C)c1ccc(F)cc1. The number of amides is 1. The highest BCUT2D eigenvalue weighted by Gasteiger charge is 2.23. The molecule has 1 amide bonds. The second kappa shape index (κ2) is 8.45. The first-order chi connectivity index (χ1) is 12.2. The summed E-state index contributed by atoms with van der Waals surface area (Å²) in [5, 5.41) is 0. The first-order valence-electron chi connectivity index (χ1n) is 8.59. The molecule has 2 rings (SSSR count). The van der Waals surface area contributed by atoms with E-state index in [0.717, 1.165) is 11.1 Å². The van der Waals surface area contributed by atoms with Crippen LogP contribution in [-0.4, -0.2) is 31.5 Å². The van der Waals surface area contributed by atoms with Gasteiger partial charge in [0.15, 0.2) is 9.84 Å². The van der Waals surface area contributed by atoms with E-state index in [-0.39, 0.29) is 34.8 Å². The summed E-state index contributed by atoms with van der Waals surface area (Å²) in [6, 6.07) is 12.3. The summed E-state index contributed by atoms with van der Waals surface area (Å²) in [6.45, 7) is 6.02. The molecular weight excluding hydrogens is 353 g/mol. The lowest BCUT2D eigenvalue weighted by Gasteiger charge is -2.28. The molecule has 1 atom stereocenters. The van der Waals surface area contributed by atoms with Crippen LogP contribution in [0.3, 0.4) is 0 Å². The molecule has 0 fully saturated rings. The molecule has 0 aromatic heterocycles. The molecular formula is C20H24FNO3S. The Morgan fingerprint density at radius 3 is 2.19 bits per heavy atom. The van der Waals surface area contributed by atoms with Gasteiger partial charge < -0.3 is 4.90 Å². The quantitative estimate of drug-likeness (QED) is 0.735. The Morgan fingerprint density at radius 2 is 1.65 bits per heavy atom. The molecule has 0 aliphatic carbocycles. The van der Waals surface area contributed by atoms with E-state index in [2.05, 4.69) is 0 Å². The third-order valence-electron chi connectivity index (χ3n) is 4.45. The van der Waals surface area contributed by atoms with Gasteiger partial charge in [0.05, 0.1) is 16.7 Å². The van der Waals surface area contributed by atoms with Crippen LogP contribution >= 0.6 is 0 Å². The van der Waals surface area contributed by atoms with Gasteiger partial charge in [0, 0.05) is 13.0 Å². The molecule has 0 heterocycles. The molecule has 2 aromatic rings. The summed E-state index contributed by atoms with van der Waals surface area (Å²) < 4.78 is 37.9. The molecule has 2 aromatic carbocycles. The van der Waals surface area contributed by atoms with Crippen LogP contribution in [0, 0.1) is 12.7 Å². The van der Waals surface area contributed by atoms with Crippen molar-refractivity contribution < 1.29 is 17.6 Å². The van der Waals surface area contributed by atoms with Crippen LogP contribution in [0.4, 0.5) is 4.39 Å². The van der Waals surface area contributed by atoms with Crippen LogP contribution < -0.4 is 0 Å². The molecule has 0 spiro atoms. The maximum absolute atomic E-state index is 13.1. The minimum atomic E-state index is -3.51. The van der Waals surface area contributed by atoms with Crippen molar-refractivity contribution in [2.45, 2.75) is 38.1 Å². The Labute approximate surface area is 154 Å². The smallest absolute Gasteiger partial charge is 0.224 e. The highest BCUT2D eigenvalue weighted by molar-refractivity contribution is 7.91. The van der Waals surface area contributed by atoms with Gasteiger partial charge in [-0.15, -0.1) is 0 Å². The molecule has 1 unspecified atom stereocenters. The molecule has 6 heteroatoms. The second-order valence-electron chi connectivity index (χ2n) is 6.29.